The van der Waals surface area contributed by atoms with Crippen LogP contribution in [0, 0.1) is 11.7 Å². The standard InChI is InChI=1S/C17H25FN2/c18-15-7-2-1-5-13(15)10-12-20-16-8-3-6-14(16)17-9-4-11-19-17/h1-2,5,7,14,16-17,19-20H,3-4,6,8-12H2. The second-order valence-corrected chi connectivity index (χ2v) is 6.20. The van der Waals surface area contributed by atoms with E-state index in [2.05, 4.69) is 10.6 Å². The van der Waals surface area contributed by atoms with Crippen molar-refractivity contribution in [2.45, 2.75) is 50.6 Å². The third kappa shape index (κ3) is 3.21. The van der Waals surface area contributed by atoms with Crippen LogP contribution in [0.25, 0.3) is 0 Å². The van der Waals surface area contributed by atoms with Crippen molar-refractivity contribution in [3.63, 3.8) is 0 Å². The highest BCUT2D eigenvalue weighted by molar-refractivity contribution is 5.17. The Kier molecular flexibility index (Phi) is 4.69. The van der Waals surface area contributed by atoms with Gasteiger partial charge in [0.15, 0.2) is 0 Å². The maximum absolute atomic E-state index is 13.6. The van der Waals surface area contributed by atoms with Gasteiger partial charge in [-0.25, -0.2) is 4.39 Å². The Balaban J connectivity index is 1.49. The normalized spacial score (nSPS) is 29.9. The number of benzene rings is 1. The van der Waals surface area contributed by atoms with Crippen LogP contribution >= 0.6 is 0 Å². The van der Waals surface area contributed by atoms with Gasteiger partial charge in [0.1, 0.15) is 5.82 Å². The van der Waals surface area contributed by atoms with Gasteiger partial charge in [-0.05, 0) is 62.7 Å². The van der Waals surface area contributed by atoms with Crippen LogP contribution in [0.5, 0.6) is 0 Å². The molecule has 2 aliphatic rings. The molecule has 0 spiro atoms. The summed E-state index contributed by atoms with van der Waals surface area (Å²) in [6.45, 7) is 2.07. The van der Waals surface area contributed by atoms with Gasteiger partial charge in [0.25, 0.3) is 0 Å². The number of hydrogen-bond acceptors (Lipinski definition) is 2. The summed E-state index contributed by atoms with van der Waals surface area (Å²) >= 11 is 0. The van der Waals surface area contributed by atoms with Gasteiger partial charge >= 0.3 is 0 Å². The molecule has 110 valence electrons. The molecule has 1 aliphatic carbocycles. The van der Waals surface area contributed by atoms with E-state index in [9.17, 15) is 4.39 Å². The first-order valence-corrected chi connectivity index (χ1v) is 8.05. The lowest BCUT2D eigenvalue weighted by atomic mass is 9.93. The van der Waals surface area contributed by atoms with Gasteiger partial charge in [0.2, 0.25) is 0 Å². The van der Waals surface area contributed by atoms with Crippen molar-refractivity contribution in [3.05, 3.63) is 35.6 Å². The van der Waals surface area contributed by atoms with Crippen LogP contribution < -0.4 is 10.6 Å². The van der Waals surface area contributed by atoms with Crippen LogP contribution in [0.1, 0.15) is 37.7 Å². The molecule has 1 saturated heterocycles. The Labute approximate surface area is 121 Å². The average molecular weight is 276 g/mol. The summed E-state index contributed by atoms with van der Waals surface area (Å²) in [5.41, 5.74) is 0.827. The molecular weight excluding hydrogens is 251 g/mol. The zero-order valence-electron chi connectivity index (χ0n) is 12.1. The first kappa shape index (κ1) is 14.0. The van der Waals surface area contributed by atoms with Crippen LogP contribution in [-0.4, -0.2) is 25.2 Å². The van der Waals surface area contributed by atoms with E-state index in [0.29, 0.717) is 12.1 Å². The zero-order valence-corrected chi connectivity index (χ0v) is 12.1. The summed E-state index contributed by atoms with van der Waals surface area (Å²) < 4.78 is 13.6. The minimum atomic E-state index is -0.0743. The first-order chi connectivity index (χ1) is 9.84. The van der Waals surface area contributed by atoms with Crippen molar-refractivity contribution in [1.82, 2.24) is 10.6 Å². The molecule has 0 bridgehead atoms. The van der Waals surface area contributed by atoms with E-state index in [1.807, 2.05) is 12.1 Å². The number of halogens is 1. The topological polar surface area (TPSA) is 24.1 Å². The molecule has 3 rings (SSSR count). The van der Waals surface area contributed by atoms with Crippen molar-refractivity contribution in [1.29, 1.82) is 0 Å². The van der Waals surface area contributed by atoms with Gasteiger partial charge < -0.3 is 10.6 Å². The molecule has 1 heterocycles. The third-order valence-electron chi connectivity index (χ3n) is 4.94. The van der Waals surface area contributed by atoms with Crippen molar-refractivity contribution < 1.29 is 4.39 Å². The predicted octanol–water partition coefficient (Wildman–Crippen LogP) is 2.88. The minimum Gasteiger partial charge on any atom is -0.314 e. The lowest BCUT2D eigenvalue weighted by molar-refractivity contribution is 0.322. The largest absolute Gasteiger partial charge is 0.314 e. The maximum atomic E-state index is 13.6. The lowest BCUT2D eigenvalue weighted by Gasteiger charge is -2.26. The van der Waals surface area contributed by atoms with Crippen molar-refractivity contribution in [3.8, 4) is 0 Å². The Morgan fingerprint density at radius 2 is 2.05 bits per heavy atom. The monoisotopic (exact) mass is 276 g/mol. The SMILES string of the molecule is Fc1ccccc1CCNC1CCCC1C1CCCN1. The molecule has 1 aromatic carbocycles. The second kappa shape index (κ2) is 6.68. The highest BCUT2D eigenvalue weighted by atomic mass is 19.1. The van der Waals surface area contributed by atoms with E-state index in [1.165, 1.54) is 38.6 Å². The van der Waals surface area contributed by atoms with Crippen molar-refractivity contribution in [2.24, 2.45) is 5.92 Å². The van der Waals surface area contributed by atoms with Crippen molar-refractivity contribution in [2.75, 3.05) is 13.1 Å². The van der Waals surface area contributed by atoms with E-state index in [-0.39, 0.29) is 5.82 Å². The lowest BCUT2D eigenvalue weighted by Crippen LogP contribution is -2.42. The Morgan fingerprint density at radius 3 is 2.85 bits per heavy atom. The number of hydrogen-bond donors (Lipinski definition) is 2. The second-order valence-electron chi connectivity index (χ2n) is 6.20. The van der Waals surface area contributed by atoms with Gasteiger partial charge in [0, 0.05) is 12.1 Å². The summed E-state index contributed by atoms with van der Waals surface area (Å²) in [7, 11) is 0. The Hall–Kier alpha value is -0.930. The maximum Gasteiger partial charge on any atom is 0.126 e. The fourth-order valence-corrected chi connectivity index (χ4v) is 3.89. The number of rotatable bonds is 5. The average Bonchev–Trinajstić information content (AvgIpc) is 3.11. The van der Waals surface area contributed by atoms with Gasteiger partial charge in [-0.3, -0.25) is 0 Å². The molecule has 20 heavy (non-hydrogen) atoms. The summed E-state index contributed by atoms with van der Waals surface area (Å²) in [4.78, 5) is 0. The zero-order chi connectivity index (χ0) is 13.8. The molecule has 3 heteroatoms. The van der Waals surface area contributed by atoms with Gasteiger partial charge in [-0.15, -0.1) is 0 Å². The first-order valence-electron chi connectivity index (χ1n) is 8.05. The molecule has 0 aromatic heterocycles. The molecule has 1 aromatic rings. The minimum absolute atomic E-state index is 0.0743. The quantitative estimate of drug-likeness (QED) is 0.864. The van der Waals surface area contributed by atoms with E-state index < -0.39 is 0 Å². The van der Waals surface area contributed by atoms with Crippen LogP contribution in [0.2, 0.25) is 0 Å². The molecule has 1 aliphatic heterocycles. The van der Waals surface area contributed by atoms with Crippen LogP contribution in [-0.2, 0) is 6.42 Å². The molecular formula is C17H25FN2. The molecule has 0 amide bonds. The Morgan fingerprint density at radius 1 is 1.15 bits per heavy atom. The predicted molar refractivity (Wildman–Crippen MR) is 80.3 cm³/mol. The molecule has 3 atom stereocenters. The van der Waals surface area contributed by atoms with Gasteiger partial charge in [-0.2, -0.15) is 0 Å². The smallest absolute Gasteiger partial charge is 0.126 e. The molecule has 1 saturated carbocycles. The van der Waals surface area contributed by atoms with Gasteiger partial charge in [-0.1, -0.05) is 24.6 Å². The fourth-order valence-electron chi connectivity index (χ4n) is 3.89. The summed E-state index contributed by atoms with van der Waals surface area (Å²) in [6, 6.07) is 8.45. The number of nitrogens with one attached hydrogen (secondary N) is 2. The van der Waals surface area contributed by atoms with E-state index in [4.69, 9.17) is 0 Å². The molecule has 3 unspecified atom stereocenters. The summed E-state index contributed by atoms with van der Waals surface area (Å²) in [5.74, 6) is 0.702. The van der Waals surface area contributed by atoms with Crippen LogP contribution in [0.3, 0.4) is 0 Å². The summed E-state index contributed by atoms with van der Waals surface area (Å²) in [5, 5.41) is 7.32. The van der Waals surface area contributed by atoms with E-state index >= 15 is 0 Å². The highest BCUT2D eigenvalue weighted by Gasteiger charge is 2.34. The van der Waals surface area contributed by atoms with Crippen LogP contribution in [0.15, 0.2) is 24.3 Å². The molecule has 2 fully saturated rings. The van der Waals surface area contributed by atoms with E-state index in [0.717, 1.165) is 24.4 Å². The molecule has 2 nitrogen and oxygen atoms in total. The van der Waals surface area contributed by atoms with E-state index in [1.54, 1.807) is 12.1 Å². The highest BCUT2D eigenvalue weighted by Crippen LogP contribution is 2.31. The summed E-state index contributed by atoms with van der Waals surface area (Å²) in [6.07, 6.45) is 7.39. The van der Waals surface area contributed by atoms with Crippen molar-refractivity contribution >= 4 is 0 Å². The molecule has 2 N–H and O–H groups in total. The van der Waals surface area contributed by atoms with Gasteiger partial charge in [0.05, 0.1) is 0 Å². The Bertz CT molecular complexity index is 429. The third-order valence-corrected chi connectivity index (χ3v) is 4.94. The molecule has 0 radical (unpaired) electrons. The van der Waals surface area contributed by atoms with Crippen LogP contribution in [0.4, 0.5) is 4.39 Å². The fraction of sp³-hybridized carbons (Fsp3) is 0.647.